The predicted octanol–water partition coefficient (Wildman–Crippen LogP) is 1.14. The van der Waals surface area contributed by atoms with E-state index in [1.54, 1.807) is 6.07 Å². The molecule has 5 nitrogen and oxygen atoms in total. The molecule has 0 saturated heterocycles. The van der Waals surface area contributed by atoms with E-state index in [1.165, 1.54) is 6.07 Å². The zero-order chi connectivity index (χ0) is 8.77. The maximum Gasteiger partial charge on any atom is 0.433 e. The molecule has 1 aromatic heterocycles. The molecule has 0 aliphatic heterocycles. The van der Waals surface area contributed by atoms with Crippen LogP contribution in [0.5, 0.6) is 0 Å². The smallest absolute Gasteiger partial charge is 0.404 e. The maximum atomic E-state index is 10.2. The average Bonchev–Trinajstić information content (AvgIpc) is 2.61. The first-order valence-electron chi connectivity index (χ1n) is 3.65. The van der Waals surface area contributed by atoms with E-state index in [2.05, 4.69) is 0 Å². The van der Waals surface area contributed by atoms with Crippen LogP contribution in [0.3, 0.4) is 0 Å². The lowest BCUT2D eigenvalue weighted by Crippen LogP contribution is -2.17. The van der Waals surface area contributed by atoms with Gasteiger partial charge in [-0.3, -0.25) is 10.1 Å². The van der Waals surface area contributed by atoms with Gasteiger partial charge < -0.3 is 10.2 Å². The van der Waals surface area contributed by atoms with Crippen molar-refractivity contribution in [3.05, 3.63) is 28.0 Å². The summed E-state index contributed by atoms with van der Waals surface area (Å²) < 4.78 is 4.95. The first kappa shape index (κ1) is 7.30. The van der Waals surface area contributed by atoms with Crippen LogP contribution in [0.1, 0.15) is 18.6 Å². The summed E-state index contributed by atoms with van der Waals surface area (Å²) in [5.41, 5.74) is 5.34. The zero-order valence-electron chi connectivity index (χ0n) is 6.32. The molecule has 0 radical (unpaired) electrons. The Morgan fingerprint density at radius 2 is 2.25 bits per heavy atom. The monoisotopic (exact) mass is 168 g/mol. The molecule has 1 heterocycles. The fraction of sp³-hybridized carbons (Fsp3) is 0.429. The summed E-state index contributed by atoms with van der Waals surface area (Å²) in [4.78, 5) is 9.67. The van der Waals surface area contributed by atoms with Crippen molar-refractivity contribution in [1.82, 2.24) is 0 Å². The molecule has 0 spiro atoms. The van der Waals surface area contributed by atoms with Crippen LogP contribution < -0.4 is 5.73 Å². The van der Waals surface area contributed by atoms with E-state index in [0.717, 1.165) is 12.8 Å². The van der Waals surface area contributed by atoms with Crippen LogP contribution in [0, 0.1) is 10.1 Å². The minimum Gasteiger partial charge on any atom is -0.404 e. The summed E-state index contributed by atoms with van der Waals surface area (Å²) in [7, 11) is 0. The highest BCUT2D eigenvalue weighted by Gasteiger charge is 2.43. The molecule has 64 valence electrons. The van der Waals surface area contributed by atoms with Gasteiger partial charge >= 0.3 is 5.88 Å². The molecular weight excluding hydrogens is 160 g/mol. The Balaban J connectivity index is 2.30. The van der Waals surface area contributed by atoms with Gasteiger partial charge in [-0.2, -0.15) is 0 Å². The average molecular weight is 168 g/mol. The van der Waals surface area contributed by atoms with Crippen LogP contribution in [0.15, 0.2) is 16.5 Å². The minimum atomic E-state index is -0.560. The van der Waals surface area contributed by atoms with Crippen molar-refractivity contribution in [2.75, 3.05) is 0 Å². The standard InChI is InChI=1S/C7H8N2O3/c8-7(3-4-7)5-1-2-6(12-5)9(10)11/h1-2H,3-4,8H2. The van der Waals surface area contributed by atoms with E-state index in [4.69, 9.17) is 10.2 Å². The van der Waals surface area contributed by atoms with Gasteiger partial charge in [0.1, 0.15) is 10.7 Å². The maximum absolute atomic E-state index is 10.2. The molecule has 1 aliphatic rings. The van der Waals surface area contributed by atoms with Crippen molar-refractivity contribution < 1.29 is 9.34 Å². The molecule has 1 saturated carbocycles. The van der Waals surface area contributed by atoms with E-state index < -0.39 is 10.5 Å². The summed E-state index contributed by atoms with van der Waals surface area (Å²) >= 11 is 0. The van der Waals surface area contributed by atoms with Gasteiger partial charge in [0.2, 0.25) is 0 Å². The van der Waals surface area contributed by atoms with Crippen LogP contribution in [-0.4, -0.2) is 4.92 Å². The topological polar surface area (TPSA) is 82.3 Å². The fourth-order valence-electron chi connectivity index (χ4n) is 1.07. The Morgan fingerprint density at radius 3 is 2.67 bits per heavy atom. The van der Waals surface area contributed by atoms with E-state index in [0.29, 0.717) is 5.76 Å². The van der Waals surface area contributed by atoms with Gasteiger partial charge in [0.25, 0.3) is 0 Å². The third-order valence-corrected chi connectivity index (χ3v) is 2.05. The summed E-state index contributed by atoms with van der Waals surface area (Å²) in [6.07, 6.45) is 1.69. The van der Waals surface area contributed by atoms with Gasteiger partial charge in [0, 0.05) is 0 Å². The second-order valence-corrected chi connectivity index (χ2v) is 3.05. The van der Waals surface area contributed by atoms with Gasteiger partial charge in [-0.05, 0) is 18.9 Å². The highest BCUT2D eigenvalue weighted by Crippen LogP contribution is 2.43. The van der Waals surface area contributed by atoms with Crippen molar-refractivity contribution >= 4 is 5.88 Å². The van der Waals surface area contributed by atoms with E-state index >= 15 is 0 Å². The molecule has 1 aromatic rings. The van der Waals surface area contributed by atoms with Crippen LogP contribution in [0.25, 0.3) is 0 Å². The van der Waals surface area contributed by atoms with Gasteiger partial charge in [-0.25, -0.2) is 0 Å². The van der Waals surface area contributed by atoms with Crippen LogP contribution in [-0.2, 0) is 5.54 Å². The quantitative estimate of drug-likeness (QED) is 0.530. The van der Waals surface area contributed by atoms with Crippen molar-refractivity contribution in [3.63, 3.8) is 0 Å². The number of hydrogen-bond donors (Lipinski definition) is 1. The third kappa shape index (κ3) is 0.984. The summed E-state index contributed by atoms with van der Waals surface area (Å²) in [5, 5.41) is 10.2. The van der Waals surface area contributed by atoms with Crippen LogP contribution in [0.2, 0.25) is 0 Å². The number of rotatable bonds is 2. The lowest BCUT2D eigenvalue weighted by molar-refractivity contribution is -0.402. The van der Waals surface area contributed by atoms with Crippen molar-refractivity contribution in [3.8, 4) is 0 Å². The second-order valence-electron chi connectivity index (χ2n) is 3.05. The van der Waals surface area contributed by atoms with E-state index in [1.807, 2.05) is 0 Å². The van der Waals surface area contributed by atoms with E-state index in [-0.39, 0.29) is 5.88 Å². The van der Waals surface area contributed by atoms with E-state index in [9.17, 15) is 10.1 Å². The fourth-order valence-corrected chi connectivity index (χ4v) is 1.07. The number of nitrogens with zero attached hydrogens (tertiary/aromatic N) is 1. The Kier molecular flexibility index (Phi) is 1.26. The SMILES string of the molecule is NC1(c2ccc([N+](=O)[O-])o2)CC1. The summed E-state index contributed by atoms with van der Waals surface area (Å²) in [6, 6.07) is 2.91. The molecule has 0 amide bonds. The van der Waals surface area contributed by atoms with Gasteiger partial charge in [0.15, 0.2) is 0 Å². The second kappa shape index (κ2) is 2.07. The molecule has 1 aliphatic carbocycles. The first-order valence-corrected chi connectivity index (χ1v) is 3.65. The van der Waals surface area contributed by atoms with Crippen molar-refractivity contribution in [2.45, 2.75) is 18.4 Å². The Hall–Kier alpha value is -1.36. The lowest BCUT2D eigenvalue weighted by atomic mass is 10.2. The Morgan fingerprint density at radius 1 is 1.58 bits per heavy atom. The van der Waals surface area contributed by atoms with Crippen LogP contribution in [0.4, 0.5) is 5.88 Å². The van der Waals surface area contributed by atoms with Gasteiger partial charge in [0.05, 0.1) is 11.6 Å². The molecule has 12 heavy (non-hydrogen) atoms. The molecule has 0 bridgehead atoms. The first-order chi connectivity index (χ1) is 5.62. The largest absolute Gasteiger partial charge is 0.433 e. The van der Waals surface area contributed by atoms with Gasteiger partial charge in [-0.15, -0.1) is 0 Å². The predicted molar refractivity (Wildman–Crippen MR) is 40.5 cm³/mol. The molecule has 1 fully saturated rings. The van der Waals surface area contributed by atoms with Gasteiger partial charge in [-0.1, -0.05) is 0 Å². The minimum absolute atomic E-state index is 0.235. The molecule has 0 atom stereocenters. The third-order valence-electron chi connectivity index (χ3n) is 2.05. The van der Waals surface area contributed by atoms with Crippen LogP contribution >= 0.6 is 0 Å². The summed E-state index contributed by atoms with van der Waals surface area (Å²) in [5.74, 6) is 0.288. The molecular formula is C7H8N2O3. The number of furan rings is 1. The molecule has 0 unspecified atom stereocenters. The lowest BCUT2D eigenvalue weighted by Gasteiger charge is -2.00. The molecule has 2 rings (SSSR count). The van der Waals surface area contributed by atoms with Crippen molar-refractivity contribution in [2.24, 2.45) is 5.73 Å². The number of hydrogen-bond acceptors (Lipinski definition) is 4. The number of nitrogens with two attached hydrogens (primary N) is 1. The normalized spacial score (nSPS) is 19.1. The summed E-state index contributed by atoms with van der Waals surface area (Å²) in [6.45, 7) is 0. The Labute approximate surface area is 68.3 Å². The number of nitro groups is 1. The molecule has 2 N–H and O–H groups in total. The highest BCUT2D eigenvalue weighted by atomic mass is 16.6. The Bertz CT molecular complexity index is 327. The molecule has 0 aromatic carbocycles. The zero-order valence-corrected chi connectivity index (χ0v) is 6.32. The van der Waals surface area contributed by atoms with Crippen molar-refractivity contribution in [1.29, 1.82) is 0 Å². The molecule has 5 heteroatoms. The highest BCUT2D eigenvalue weighted by molar-refractivity contribution is 5.26.